The third-order valence-corrected chi connectivity index (χ3v) is 16.6. The maximum Gasteiger partial charge on any atom is 0.191 e. The molecule has 0 saturated carbocycles. The van der Waals surface area contributed by atoms with E-state index in [0.29, 0.717) is 0 Å². The van der Waals surface area contributed by atoms with Crippen LogP contribution in [-0.4, -0.2) is 14.9 Å². The normalized spacial score (nSPS) is 12.5. The highest BCUT2D eigenvalue weighted by Crippen LogP contribution is 2.58. The Kier molecular flexibility index (Phi) is 8.30. The molecule has 0 N–H and O–H groups in total. The number of hydrogen-bond acceptors (Lipinski definition) is 1. The number of rotatable bonds is 9. The predicted octanol–water partition coefficient (Wildman–Crippen LogP) is 7.75. The summed E-state index contributed by atoms with van der Waals surface area (Å²) in [4.78, 5) is 0. The van der Waals surface area contributed by atoms with Gasteiger partial charge >= 0.3 is 0 Å². The Morgan fingerprint density at radius 1 is 0.583 bits per heavy atom. The first kappa shape index (κ1) is 26.5. The van der Waals surface area contributed by atoms with Crippen molar-refractivity contribution in [2.75, 3.05) is 6.61 Å². The molecule has 0 aromatic heterocycles. The maximum absolute atomic E-state index is 6.58. The van der Waals surface area contributed by atoms with E-state index < -0.39 is 15.6 Å². The monoisotopic (exact) mass is 511 g/mol. The van der Waals surface area contributed by atoms with Gasteiger partial charge in [0.1, 0.15) is 23.2 Å². The van der Waals surface area contributed by atoms with Crippen LogP contribution in [0.3, 0.4) is 0 Å². The molecule has 0 aliphatic rings. The molecule has 186 valence electrons. The zero-order chi connectivity index (χ0) is 25.7. The van der Waals surface area contributed by atoms with Gasteiger partial charge in [-0.2, -0.15) is 0 Å². The van der Waals surface area contributed by atoms with Gasteiger partial charge in [0.2, 0.25) is 0 Å². The van der Waals surface area contributed by atoms with Crippen LogP contribution in [0.25, 0.3) is 0 Å². The second kappa shape index (κ2) is 11.3. The fraction of sp³-hybridized carbons (Fsp3) is 0.273. The number of hydrogen-bond donors (Lipinski definition) is 0. The van der Waals surface area contributed by atoms with E-state index in [-0.39, 0.29) is 5.04 Å². The molecule has 36 heavy (non-hydrogen) atoms. The lowest BCUT2D eigenvalue weighted by Crippen LogP contribution is -2.41. The first-order valence-corrected chi connectivity index (χ1v) is 17.9. The third kappa shape index (κ3) is 5.73. The van der Waals surface area contributed by atoms with E-state index in [4.69, 9.17) is 4.43 Å². The molecule has 3 heteroatoms. The second-order valence-corrected chi connectivity index (χ2v) is 19.4. The van der Waals surface area contributed by atoms with Crippen molar-refractivity contribution in [2.24, 2.45) is 0 Å². The van der Waals surface area contributed by atoms with Gasteiger partial charge in [-0.1, -0.05) is 99.6 Å². The average molecular weight is 512 g/mol. The van der Waals surface area contributed by atoms with Crippen LogP contribution in [0.4, 0.5) is 0 Å². The fourth-order valence-corrected chi connectivity index (χ4v) is 9.96. The number of benzene rings is 4. The van der Waals surface area contributed by atoms with E-state index in [1.165, 1.54) is 27.0 Å². The minimum Gasteiger partial charge on any atom is -0.416 e. The topological polar surface area (TPSA) is 9.23 Å². The summed E-state index contributed by atoms with van der Waals surface area (Å²) in [7, 11) is -3.70. The lowest BCUT2D eigenvalue weighted by Gasteiger charge is -2.36. The molecule has 0 aliphatic carbocycles. The van der Waals surface area contributed by atoms with Crippen molar-refractivity contribution in [3.63, 3.8) is 0 Å². The van der Waals surface area contributed by atoms with E-state index in [0.717, 1.165) is 19.2 Å². The van der Waals surface area contributed by atoms with Crippen LogP contribution in [-0.2, 0) is 17.0 Å². The van der Waals surface area contributed by atoms with E-state index in [2.05, 4.69) is 149 Å². The van der Waals surface area contributed by atoms with Gasteiger partial charge in [-0.15, -0.1) is 0 Å². The Bertz CT molecular complexity index is 1130. The maximum atomic E-state index is 6.58. The van der Waals surface area contributed by atoms with Gasteiger partial charge in [0, 0.05) is 6.61 Å². The van der Waals surface area contributed by atoms with E-state index in [1.54, 1.807) is 0 Å². The largest absolute Gasteiger partial charge is 0.416 e. The first-order valence-electron chi connectivity index (χ1n) is 13.0. The molecule has 0 radical (unpaired) electrons. The van der Waals surface area contributed by atoms with Gasteiger partial charge in [0.25, 0.3) is 0 Å². The molecule has 4 aromatic rings. The van der Waals surface area contributed by atoms with Crippen LogP contribution in [0.5, 0.6) is 0 Å². The molecule has 0 amide bonds. The summed E-state index contributed by atoms with van der Waals surface area (Å²) < 4.78 is 6.58. The Labute approximate surface area is 220 Å². The molecule has 0 unspecified atom stereocenters. The fourth-order valence-electron chi connectivity index (χ4n) is 4.61. The Balaban J connectivity index is 1.77. The Hall–Kier alpha value is -2.51. The molecule has 1 nitrogen and oxygen atoms in total. The van der Waals surface area contributed by atoms with E-state index in [9.17, 15) is 0 Å². The quantitative estimate of drug-likeness (QED) is 0.165. The zero-order valence-electron chi connectivity index (χ0n) is 22.4. The Morgan fingerprint density at radius 2 is 0.972 bits per heavy atom. The predicted molar refractivity (Wildman–Crippen MR) is 162 cm³/mol. The summed E-state index contributed by atoms with van der Waals surface area (Å²) in [6.07, 6.45) is 1.95. The summed E-state index contributed by atoms with van der Waals surface area (Å²) in [5.41, 5.74) is 2.84. The third-order valence-electron chi connectivity index (χ3n) is 7.76. The van der Waals surface area contributed by atoms with Gasteiger partial charge in [-0.3, -0.25) is 0 Å². The molecule has 0 saturated heterocycles. The molecule has 4 rings (SSSR count). The van der Waals surface area contributed by atoms with Crippen molar-refractivity contribution in [1.82, 2.24) is 0 Å². The van der Waals surface area contributed by atoms with Crippen LogP contribution < -0.4 is 15.9 Å². The van der Waals surface area contributed by atoms with Crippen LogP contribution in [0.2, 0.25) is 18.1 Å². The molecule has 4 aromatic carbocycles. The molecular weight excluding hydrogens is 471 g/mol. The smallest absolute Gasteiger partial charge is 0.191 e. The van der Waals surface area contributed by atoms with E-state index >= 15 is 0 Å². The SMILES string of the molecule is CC(C)(C)[Si](C)(C)OCCc1ccccc1C[P+](c1ccccc1)(c1ccccc1)c1ccccc1. The molecular formula is C33H40OPSi+. The summed E-state index contributed by atoms with van der Waals surface area (Å²) in [6, 6.07) is 42.5. The van der Waals surface area contributed by atoms with Gasteiger partial charge in [-0.05, 0) is 72.1 Å². The molecule has 0 fully saturated rings. The van der Waals surface area contributed by atoms with Crippen LogP contribution in [0.15, 0.2) is 115 Å². The molecule has 0 atom stereocenters. The van der Waals surface area contributed by atoms with Crippen molar-refractivity contribution in [2.45, 2.75) is 51.5 Å². The highest BCUT2D eigenvalue weighted by Gasteiger charge is 2.45. The van der Waals surface area contributed by atoms with Crippen molar-refractivity contribution in [3.8, 4) is 0 Å². The first-order chi connectivity index (χ1) is 17.2. The lowest BCUT2D eigenvalue weighted by atomic mass is 10.1. The van der Waals surface area contributed by atoms with Crippen molar-refractivity contribution < 1.29 is 4.43 Å². The minimum atomic E-state index is -1.93. The summed E-state index contributed by atoms with van der Waals surface area (Å²) >= 11 is 0. The highest BCUT2D eigenvalue weighted by molar-refractivity contribution is 7.95. The van der Waals surface area contributed by atoms with E-state index in [1.807, 2.05) is 0 Å². The van der Waals surface area contributed by atoms with Crippen LogP contribution in [0.1, 0.15) is 31.9 Å². The molecule has 0 heterocycles. The van der Waals surface area contributed by atoms with Gasteiger partial charge in [0.05, 0.1) is 6.16 Å². The molecule has 0 bridgehead atoms. The molecule has 0 spiro atoms. The standard InChI is InChI=1S/C33H40OPSi/c1-33(2,3)36(4,5)34-26-25-28-17-15-16-18-29(28)27-35(30-19-9-6-10-20-30,31-21-11-7-12-22-31)32-23-13-8-14-24-32/h6-24H,25-27H2,1-5H3/q+1. The van der Waals surface area contributed by atoms with Crippen molar-refractivity contribution in [1.29, 1.82) is 0 Å². The van der Waals surface area contributed by atoms with Gasteiger partial charge < -0.3 is 4.43 Å². The van der Waals surface area contributed by atoms with Crippen LogP contribution in [0, 0.1) is 0 Å². The average Bonchev–Trinajstić information content (AvgIpc) is 2.89. The minimum absolute atomic E-state index is 0.223. The van der Waals surface area contributed by atoms with Crippen molar-refractivity contribution in [3.05, 3.63) is 126 Å². The lowest BCUT2D eigenvalue weighted by molar-refractivity contribution is 0.291. The molecule has 0 aliphatic heterocycles. The zero-order valence-corrected chi connectivity index (χ0v) is 24.3. The summed E-state index contributed by atoms with van der Waals surface area (Å²) in [5, 5.41) is 4.50. The van der Waals surface area contributed by atoms with Gasteiger partial charge in [-0.25, -0.2) is 0 Å². The highest BCUT2D eigenvalue weighted by atomic mass is 31.2. The second-order valence-electron chi connectivity index (χ2n) is 11.1. The summed E-state index contributed by atoms with van der Waals surface area (Å²) in [6.45, 7) is 12.4. The van der Waals surface area contributed by atoms with Crippen LogP contribution >= 0.6 is 7.26 Å². The van der Waals surface area contributed by atoms with Crippen molar-refractivity contribution >= 4 is 31.5 Å². The Morgan fingerprint density at radius 3 is 1.39 bits per heavy atom. The summed E-state index contributed by atoms with van der Waals surface area (Å²) in [5.74, 6) is 0. The van der Waals surface area contributed by atoms with Gasteiger partial charge in [0.15, 0.2) is 8.32 Å².